The van der Waals surface area contributed by atoms with Gasteiger partial charge in [-0.05, 0) is 12.0 Å². The molecule has 0 aliphatic rings. The van der Waals surface area contributed by atoms with E-state index in [-0.39, 0.29) is 13.0 Å². The van der Waals surface area contributed by atoms with Gasteiger partial charge < -0.3 is 20.5 Å². The average Bonchev–Trinajstić information content (AvgIpc) is 2.53. The van der Waals surface area contributed by atoms with Crippen LogP contribution in [0.2, 0.25) is 0 Å². The van der Waals surface area contributed by atoms with Crippen LogP contribution in [-0.2, 0) is 16.1 Å². The average molecular weight is 317 g/mol. The molecule has 0 aromatic heterocycles. The van der Waals surface area contributed by atoms with Crippen LogP contribution >= 0.6 is 11.6 Å². The number of aliphatic carboxylic acids is 1. The van der Waals surface area contributed by atoms with Crippen LogP contribution in [0.15, 0.2) is 30.3 Å². The lowest BCUT2D eigenvalue weighted by atomic mass is 10.1. The van der Waals surface area contributed by atoms with Crippen molar-refractivity contribution in [3.8, 4) is 0 Å². The monoisotopic (exact) mass is 316 g/mol. The van der Waals surface area contributed by atoms with Gasteiger partial charge in [-0.25, -0.2) is 4.79 Å². The number of hydrogen-bond donors (Lipinski definition) is 3. The SMILES string of the molecule is CCl.COC(=O)NCC[C@H](NCc1ccccc1)C(=O)O. The Morgan fingerprint density at radius 1 is 1.29 bits per heavy atom. The Bertz CT molecular complexity index is 415. The Morgan fingerprint density at radius 2 is 1.90 bits per heavy atom. The molecule has 0 aliphatic heterocycles. The summed E-state index contributed by atoms with van der Waals surface area (Å²) in [5.41, 5.74) is 1.01. The number of alkyl halides is 1. The maximum Gasteiger partial charge on any atom is 0.406 e. The molecule has 1 aromatic rings. The van der Waals surface area contributed by atoms with E-state index in [0.29, 0.717) is 6.54 Å². The number of carboxylic acid groups (broad SMARTS) is 1. The van der Waals surface area contributed by atoms with Gasteiger partial charge in [0.1, 0.15) is 6.04 Å². The second-order valence-corrected chi connectivity index (χ2v) is 3.96. The molecule has 0 heterocycles. The highest BCUT2D eigenvalue weighted by atomic mass is 35.5. The number of carbonyl (C=O) groups is 2. The third-order valence-corrected chi connectivity index (χ3v) is 2.58. The second kappa shape index (κ2) is 12.0. The van der Waals surface area contributed by atoms with Gasteiger partial charge in [0.15, 0.2) is 0 Å². The van der Waals surface area contributed by atoms with Crippen molar-refractivity contribution in [2.24, 2.45) is 0 Å². The van der Waals surface area contributed by atoms with E-state index in [1.165, 1.54) is 13.5 Å². The third-order valence-electron chi connectivity index (χ3n) is 2.58. The summed E-state index contributed by atoms with van der Waals surface area (Å²) in [6, 6.07) is 8.81. The van der Waals surface area contributed by atoms with Crippen LogP contribution in [0, 0.1) is 0 Å². The van der Waals surface area contributed by atoms with Gasteiger partial charge in [0.2, 0.25) is 0 Å². The summed E-state index contributed by atoms with van der Waals surface area (Å²) in [6.45, 7) is 0.710. The lowest BCUT2D eigenvalue weighted by molar-refractivity contribution is -0.139. The smallest absolute Gasteiger partial charge is 0.406 e. The largest absolute Gasteiger partial charge is 0.480 e. The molecule has 1 aromatic carbocycles. The van der Waals surface area contributed by atoms with Crippen LogP contribution in [0.25, 0.3) is 0 Å². The lowest BCUT2D eigenvalue weighted by Crippen LogP contribution is -2.39. The summed E-state index contributed by atoms with van der Waals surface area (Å²) in [7, 11) is 1.26. The number of hydrogen-bond acceptors (Lipinski definition) is 4. The highest BCUT2D eigenvalue weighted by molar-refractivity contribution is 6.15. The fraction of sp³-hybridized carbons (Fsp3) is 0.429. The molecule has 7 heteroatoms. The van der Waals surface area contributed by atoms with Crippen molar-refractivity contribution < 1.29 is 19.4 Å². The summed E-state index contributed by atoms with van der Waals surface area (Å²) in [5.74, 6) is -0.942. The van der Waals surface area contributed by atoms with Crippen molar-refractivity contribution in [1.29, 1.82) is 0 Å². The second-order valence-electron chi connectivity index (χ2n) is 3.96. The van der Waals surface area contributed by atoms with E-state index >= 15 is 0 Å². The predicted octanol–water partition coefficient (Wildman–Crippen LogP) is 1.83. The van der Waals surface area contributed by atoms with Crippen LogP contribution < -0.4 is 10.6 Å². The summed E-state index contributed by atoms with van der Waals surface area (Å²) < 4.78 is 4.40. The molecular formula is C14H21ClN2O4. The number of methoxy groups -OCH3 is 1. The number of halogens is 1. The van der Waals surface area contributed by atoms with Crippen LogP contribution in [-0.4, -0.2) is 43.2 Å². The normalized spacial score (nSPS) is 10.8. The van der Waals surface area contributed by atoms with Crippen LogP contribution in [0.4, 0.5) is 4.79 Å². The Morgan fingerprint density at radius 3 is 2.43 bits per heavy atom. The molecule has 3 N–H and O–H groups in total. The van der Waals surface area contributed by atoms with E-state index in [1.807, 2.05) is 30.3 Å². The zero-order chi connectivity index (χ0) is 16.1. The minimum absolute atomic E-state index is 0.241. The minimum atomic E-state index is -0.942. The van der Waals surface area contributed by atoms with Crippen LogP contribution in [0.5, 0.6) is 0 Å². The Kier molecular flexibility index (Phi) is 11.0. The summed E-state index contributed by atoms with van der Waals surface area (Å²) in [6.07, 6.45) is 1.20. The van der Waals surface area contributed by atoms with Crippen molar-refractivity contribution in [3.63, 3.8) is 0 Å². The topological polar surface area (TPSA) is 87.7 Å². The molecule has 21 heavy (non-hydrogen) atoms. The molecule has 0 unspecified atom stereocenters. The Hall–Kier alpha value is -1.79. The van der Waals surface area contributed by atoms with Crippen molar-refractivity contribution in [2.45, 2.75) is 19.0 Å². The molecule has 1 amide bonds. The number of alkyl carbamates (subject to hydrolysis) is 1. The van der Waals surface area contributed by atoms with Gasteiger partial charge in [-0.15, -0.1) is 11.6 Å². The standard InChI is InChI=1S/C13H18N2O4.CH3Cl/c1-19-13(18)14-8-7-11(12(16)17)15-9-10-5-3-2-4-6-10;1-2/h2-6,11,15H,7-9H2,1H3,(H,14,18)(H,16,17);1H3/t11-;/m0./s1. The highest BCUT2D eigenvalue weighted by Crippen LogP contribution is 2.00. The predicted molar refractivity (Wildman–Crippen MR) is 81.5 cm³/mol. The van der Waals surface area contributed by atoms with Gasteiger partial charge in [0.25, 0.3) is 0 Å². The first kappa shape index (κ1) is 19.2. The van der Waals surface area contributed by atoms with Gasteiger partial charge in [-0.2, -0.15) is 0 Å². The van der Waals surface area contributed by atoms with E-state index in [0.717, 1.165) is 5.56 Å². The van der Waals surface area contributed by atoms with Gasteiger partial charge in [-0.3, -0.25) is 4.79 Å². The zero-order valence-corrected chi connectivity index (χ0v) is 12.9. The van der Waals surface area contributed by atoms with Crippen LogP contribution in [0.1, 0.15) is 12.0 Å². The lowest BCUT2D eigenvalue weighted by Gasteiger charge is -2.14. The number of amides is 1. The summed E-state index contributed by atoms with van der Waals surface area (Å²) in [4.78, 5) is 21.9. The zero-order valence-electron chi connectivity index (χ0n) is 12.1. The van der Waals surface area contributed by atoms with Gasteiger partial charge in [0.05, 0.1) is 7.11 Å². The number of nitrogens with one attached hydrogen (secondary N) is 2. The first-order valence-electron chi connectivity index (χ1n) is 6.33. The number of rotatable bonds is 7. The van der Waals surface area contributed by atoms with Gasteiger partial charge >= 0.3 is 12.1 Å². The molecule has 118 valence electrons. The summed E-state index contributed by atoms with van der Waals surface area (Å²) in [5, 5.41) is 14.5. The molecule has 6 nitrogen and oxygen atoms in total. The number of ether oxygens (including phenoxy) is 1. The number of benzene rings is 1. The van der Waals surface area contributed by atoms with Crippen molar-refractivity contribution in [2.75, 3.05) is 20.0 Å². The molecule has 0 aliphatic carbocycles. The highest BCUT2D eigenvalue weighted by Gasteiger charge is 2.16. The van der Waals surface area contributed by atoms with E-state index in [1.54, 1.807) is 0 Å². The number of carboxylic acids is 1. The Labute approximate surface area is 129 Å². The molecule has 0 spiro atoms. The minimum Gasteiger partial charge on any atom is -0.480 e. The first-order chi connectivity index (χ1) is 10.1. The molecule has 1 atom stereocenters. The van der Waals surface area contributed by atoms with Crippen molar-refractivity contribution in [1.82, 2.24) is 10.6 Å². The molecule has 0 saturated carbocycles. The molecule has 0 saturated heterocycles. The molecule has 1 rings (SSSR count). The van der Waals surface area contributed by atoms with Gasteiger partial charge in [0, 0.05) is 19.5 Å². The fourth-order valence-corrected chi connectivity index (χ4v) is 1.54. The Balaban J connectivity index is 0.00000191. The van der Waals surface area contributed by atoms with E-state index in [2.05, 4.69) is 27.0 Å². The van der Waals surface area contributed by atoms with E-state index < -0.39 is 18.1 Å². The van der Waals surface area contributed by atoms with Crippen molar-refractivity contribution >= 4 is 23.7 Å². The maximum absolute atomic E-state index is 11.1. The van der Waals surface area contributed by atoms with Crippen molar-refractivity contribution in [3.05, 3.63) is 35.9 Å². The molecule has 0 fully saturated rings. The number of carbonyl (C=O) groups excluding carboxylic acids is 1. The fourth-order valence-electron chi connectivity index (χ4n) is 1.54. The molecule has 0 radical (unpaired) electrons. The third kappa shape index (κ3) is 8.88. The van der Waals surface area contributed by atoms with E-state index in [9.17, 15) is 9.59 Å². The molecule has 0 bridgehead atoms. The first-order valence-corrected chi connectivity index (χ1v) is 7.09. The maximum atomic E-state index is 11.1. The molecular weight excluding hydrogens is 296 g/mol. The quantitative estimate of drug-likeness (QED) is 0.668. The summed E-state index contributed by atoms with van der Waals surface area (Å²) >= 11 is 4.64. The van der Waals surface area contributed by atoms with E-state index in [4.69, 9.17) is 5.11 Å². The van der Waals surface area contributed by atoms with Crippen LogP contribution in [0.3, 0.4) is 0 Å². The van der Waals surface area contributed by atoms with Gasteiger partial charge in [-0.1, -0.05) is 30.3 Å².